The van der Waals surface area contributed by atoms with E-state index in [9.17, 15) is 14.0 Å². The van der Waals surface area contributed by atoms with Crippen molar-refractivity contribution >= 4 is 51.2 Å². The van der Waals surface area contributed by atoms with E-state index in [1.165, 1.54) is 12.1 Å². The Morgan fingerprint density at radius 3 is 2.54 bits per heavy atom. The van der Waals surface area contributed by atoms with Gasteiger partial charge in [-0.2, -0.15) is 0 Å². The van der Waals surface area contributed by atoms with Crippen LogP contribution in [0.1, 0.15) is 11.1 Å². The van der Waals surface area contributed by atoms with Gasteiger partial charge in [0, 0.05) is 15.6 Å². The van der Waals surface area contributed by atoms with E-state index in [0.717, 1.165) is 4.47 Å². The number of nitrogens with one attached hydrogen (secondary N) is 2. The molecule has 0 spiro atoms. The molecule has 2 aromatic carbocycles. The molecular weight excluding hydrogens is 447 g/mol. The number of ether oxygens (including phenoxy) is 1. The van der Waals surface area contributed by atoms with Gasteiger partial charge in [-0.25, -0.2) is 4.39 Å². The lowest BCUT2D eigenvalue weighted by molar-refractivity contribution is -0.123. The monoisotopic (exact) mass is 460 g/mol. The third-order valence-electron chi connectivity index (χ3n) is 3.79. The summed E-state index contributed by atoms with van der Waals surface area (Å²) in [7, 11) is 0. The van der Waals surface area contributed by atoms with Crippen LogP contribution in [0.25, 0.3) is 6.08 Å². The van der Waals surface area contributed by atoms with Gasteiger partial charge in [0.2, 0.25) is 0 Å². The molecule has 1 heterocycles. The second-order valence-electron chi connectivity index (χ2n) is 5.74. The molecule has 28 heavy (non-hydrogen) atoms. The first-order valence-electron chi connectivity index (χ1n) is 8.15. The molecule has 1 aliphatic heterocycles. The molecule has 1 saturated heterocycles. The van der Waals surface area contributed by atoms with Crippen LogP contribution in [-0.2, 0) is 16.2 Å². The highest BCUT2D eigenvalue weighted by Crippen LogP contribution is 2.26. The van der Waals surface area contributed by atoms with E-state index in [4.69, 9.17) is 17.0 Å². The van der Waals surface area contributed by atoms with Gasteiger partial charge in [-0.15, -0.1) is 0 Å². The summed E-state index contributed by atoms with van der Waals surface area (Å²) in [6.45, 7) is 0.0679. The lowest BCUT2D eigenvalue weighted by Gasteiger charge is -2.15. The molecular formula is C20H14BrFN2O3S. The lowest BCUT2D eigenvalue weighted by atomic mass is 10.1. The molecule has 0 atom stereocenters. The number of hydrogen-bond donors (Lipinski definition) is 2. The minimum atomic E-state index is -0.566. The number of thiocarbonyl (C=S) groups is 1. The van der Waals surface area contributed by atoms with E-state index in [1.54, 1.807) is 42.5 Å². The summed E-state index contributed by atoms with van der Waals surface area (Å²) < 4.78 is 20.3. The van der Waals surface area contributed by atoms with Crippen molar-refractivity contribution in [2.75, 3.05) is 0 Å². The van der Waals surface area contributed by atoms with Gasteiger partial charge >= 0.3 is 0 Å². The Morgan fingerprint density at radius 2 is 1.82 bits per heavy atom. The summed E-state index contributed by atoms with van der Waals surface area (Å²) in [5, 5.41) is 4.71. The maximum absolute atomic E-state index is 13.8. The smallest absolute Gasteiger partial charge is 0.263 e. The van der Waals surface area contributed by atoms with Gasteiger partial charge in [0.1, 0.15) is 23.7 Å². The topological polar surface area (TPSA) is 67.4 Å². The maximum atomic E-state index is 13.8. The molecule has 0 bridgehead atoms. The van der Waals surface area contributed by atoms with Crippen molar-refractivity contribution in [1.29, 1.82) is 0 Å². The molecule has 5 nitrogen and oxygen atoms in total. The molecule has 2 amide bonds. The van der Waals surface area contributed by atoms with Crippen LogP contribution < -0.4 is 15.4 Å². The Morgan fingerprint density at radius 1 is 1.11 bits per heavy atom. The van der Waals surface area contributed by atoms with Crippen molar-refractivity contribution in [3.05, 3.63) is 81.6 Å². The summed E-state index contributed by atoms with van der Waals surface area (Å²) in [5.74, 6) is -0.944. The molecule has 1 fully saturated rings. The van der Waals surface area contributed by atoms with Gasteiger partial charge in [0.05, 0.1) is 0 Å². The SMILES string of the molecule is O=C1NC(=S)NC(=O)C1=C/C=C/c1cc(Br)ccc1OCc1ccccc1F. The first kappa shape index (κ1) is 19.9. The fourth-order valence-electron chi connectivity index (χ4n) is 2.43. The first-order chi connectivity index (χ1) is 13.4. The van der Waals surface area contributed by atoms with Gasteiger partial charge in [-0.3, -0.25) is 20.2 Å². The van der Waals surface area contributed by atoms with Crippen LogP contribution in [0.3, 0.4) is 0 Å². The molecule has 0 radical (unpaired) electrons. The number of benzene rings is 2. The average Bonchev–Trinajstić information content (AvgIpc) is 2.64. The molecule has 0 saturated carbocycles. The Bertz CT molecular complexity index is 998. The Hall–Kier alpha value is -2.84. The third-order valence-corrected chi connectivity index (χ3v) is 4.49. The Balaban J connectivity index is 1.79. The summed E-state index contributed by atoms with van der Waals surface area (Å²) >= 11 is 8.14. The predicted molar refractivity (Wildman–Crippen MR) is 111 cm³/mol. The standard InChI is InChI=1S/C20H14BrFN2O3S/c21-14-8-9-17(27-11-13-4-1-2-7-16(13)22)12(10-14)5-3-6-15-18(25)23-20(28)24-19(15)26/h1-10H,11H2,(H2,23,24,25,26,28)/b5-3+. The molecule has 8 heteroatoms. The normalized spacial score (nSPS) is 14.1. The third kappa shape index (κ3) is 4.90. The van der Waals surface area contributed by atoms with Crippen LogP contribution in [0.5, 0.6) is 5.75 Å². The van der Waals surface area contributed by atoms with E-state index >= 15 is 0 Å². The highest BCUT2D eigenvalue weighted by atomic mass is 79.9. The van der Waals surface area contributed by atoms with E-state index in [0.29, 0.717) is 16.9 Å². The zero-order valence-electron chi connectivity index (χ0n) is 14.4. The molecule has 1 aliphatic rings. The summed E-state index contributed by atoms with van der Waals surface area (Å²) in [6, 6.07) is 11.7. The number of amides is 2. The van der Waals surface area contributed by atoms with Crippen molar-refractivity contribution in [3.63, 3.8) is 0 Å². The van der Waals surface area contributed by atoms with Crippen LogP contribution in [-0.4, -0.2) is 16.9 Å². The van der Waals surface area contributed by atoms with E-state index in [1.807, 2.05) is 6.07 Å². The summed E-state index contributed by atoms with van der Waals surface area (Å²) in [6.07, 6.45) is 4.62. The second kappa shape index (κ2) is 8.90. The molecule has 2 aromatic rings. The average molecular weight is 461 g/mol. The molecule has 3 rings (SSSR count). The van der Waals surface area contributed by atoms with Crippen LogP contribution in [0.2, 0.25) is 0 Å². The number of carbonyl (C=O) groups excluding carboxylic acids is 2. The number of allylic oxidation sites excluding steroid dienone is 2. The largest absolute Gasteiger partial charge is 0.488 e. The minimum Gasteiger partial charge on any atom is -0.488 e. The van der Waals surface area contributed by atoms with Gasteiger partial charge in [0.25, 0.3) is 11.8 Å². The second-order valence-corrected chi connectivity index (χ2v) is 7.06. The maximum Gasteiger partial charge on any atom is 0.263 e. The van der Waals surface area contributed by atoms with Crippen LogP contribution >= 0.6 is 28.1 Å². The lowest BCUT2D eigenvalue weighted by Crippen LogP contribution is -2.51. The first-order valence-corrected chi connectivity index (χ1v) is 9.35. The molecule has 142 valence electrons. The zero-order chi connectivity index (χ0) is 20.1. The van der Waals surface area contributed by atoms with E-state index in [-0.39, 0.29) is 23.1 Å². The molecule has 0 aliphatic carbocycles. The molecule has 0 unspecified atom stereocenters. The zero-order valence-corrected chi connectivity index (χ0v) is 16.8. The number of rotatable bonds is 5. The van der Waals surface area contributed by atoms with Crippen LogP contribution in [0, 0.1) is 5.82 Å². The Labute approximate surface area is 174 Å². The Kier molecular flexibility index (Phi) is 6.33. The van der Waals surface area contributed by atoms with E-state index in [2.05, 4.69) is 26.6 Å². The summed E-state index contributed by atoms with van der Waals surface area (Å²) in [4.78, 5) is 23.7. The van der Waals surface area contributed by atoms with Crippen molar-refractivity contribution in [2.45, 2.75) is 6.61 Å². The summed E-state index contributed by atoms with van der Waals surface area (Å²) in [5.41, 5.74) is 1.07. The highest BCUT2D eigenvalue weighted by molar-refractivity contribution is 9.10. The van der Waals surface area contributed by atoms with Crippen molar-refractivity contribution in [3.8, 4) is 5.75 Å². The van der Waals surface area contributed by atoms with Crippen molar-refractivity contribution in [1.82, 2.24) is 10.6 Å². The number of hydrogen-bond acceptors (Lipinski definition) is 4. The predicted octanol–water partition coefficient (Wildman–Crippen LogP) is 3.64. The van der Waals surface area contributed by atoms with E-state index < -0.39 is 11.8 Å². The molecule has 2 N–H and O–H groups in total. The fourth-order valence-corrected chi connectivity index (χ4v) is 2.99. The highest BCUT2D eigenvalue weighted by Gasteiger charge is 2.24. The van der Waals surface area contributed by atoms with Crippen LogP contribution in [0.4, 0.5) is 4.39 Å². The number of carbonyl (C=O) groups is 2. The van der Waals surface area contributed by atoms with Gasteiger partial charge in [-0.1, -0.05) is 46.3 Å². The number of halogens is 2. The molecule has 0 aromatic heterocycles. The fraction of sp³-hybridized carbons (Fsp3) is 0.0500. The quantitative estimate of drug-likeness (QED) is 0.406. The minimum absolute atomic E-state index is 0.0213. The van der Waals surface area contributed by atoms with Crippen LogP contribution in [0.15, 0.2) is 64.7 Å². The van der Waals surface area contributed by atoms with Crippen molar-refractivity contribution < 1.29 is 18.7 Å². The van der Waals surface area contributed by atoms with Gasteiger partial charge < -0.3 is 4.74 Å². The van der Waals surface area contributed by atoms with Gasteiger partial charge in [-0.05, 0) is 42.6 Å². The van der Waals surface area contributed by atoms with Gasteiger partial charge in [0.15, 0.2) is 5.11 Å². The van der Waals surface area contributed by atoms with Crippen molar-refractivity contribution in [2.24, 2.45) is 0 Å².